The van der Waals surface area contributed by atoms with Crippen LogP contribution >= 0.6 is 0 Å². The second-order valence-corrected chi connectivity index (χ2v) is 5.65. The number of aliphatic carboxylic acids is 1. The van der Waals surface area contributed by atoms with Crippen LogP contribution in [0.5, 0.6) is 0 Å². The molecule has 2 atom stereocenters. The number of carboxylic acid groups (broad SMARTS) is 1. The Bertz CT molecular complexity index is 307. The number of methoxy groups -OCH3 is 1. The monoisotopic (exact) mass is 256 g/mol. The number of likely N-dealkylation sites (N-methyl/N-ethyl adjacent to an activating group) is 1. The van der Waals surface area contributed by atoms with Gasteiger partial charge in [0.25, 0.3) is 0 Å². The highest BCUT2D eigenvalue weighted by Gasteiger charge is 2.51. The van der Waals surface area contributed by atoms with Crippen LogP contribution in [-0.2, 0) is 9.53 Å². The topological polar surface area (TPSA) is 61.8 Å². The third kappa shape index (κ3) is 2.68. The van der Waals surface area contributed by atoms with Crippen molar-refractivity contribution in [1.82, 2.24) is 10.2 Å². The summed E-state index contributed by atoms with van der Waals surface area (Å²) in [7, 11) is 3.50. The summed E-state index contributed by atoms with van der Waals surface area (Å²) in [5, 5.41) is 12.6. The van der Waals surface area contributed by atoms with Crippen LogP contribution in [0, 0.1) is 11.8 Å². The standard InChI is InChI=1S/C13H24N2O3/c1-14-13(12(16)17,11-3-4-11)9-15-6-5-10(7-15)8-18-2/h10-11,14H,3-9H2,1-2H3,(H,16,17). The Kier molecular flexibility index (Phi) is 4.25. The molecule has 1 aliphatic heterocycles. The average Bonchev–Trinajstić information content (AvgIpc) is 3.10. The van der Waals surface area contributed by atoms with Crippen LogP contribution in [0.3, 0.4) is 0 Å². The summed E-state index contributed by atoms with van der Waals surface area (Å²) < 4.78 is 5.18. The van der Waals surface area contributed by atoms with Crippen molar-refractivity contribution in [3.63, 3.8) is 0 Å². The van der Waals surface area contributed by atoms with E-state index in [1.54, 1.807) is 14.2 Å². The molecule has 2 aliphatic rings. The molecular weight excluding hydrogens is 232 g/mol. The summed E-state index contributed by atoms with van der Waals surface area (Å²) in [4.78, 5) is 13.9. The molecule has 2 rings (SSSR count). The molecule has 1 saturated carbocycles. The fourth-order valence-electron chi connectivity index (χ4n) is 3.12. The van der Waals surface area contributed by atoms with E-state index in [-0.39, 0.29) is 0 Å². The van der Waals surface area contributed by atoms with Crippen LogP contribution in [0.1, 0.15) is 19.3 Å². The molecule has 0 aromatic carbocycles. The smallest absolute Gasteiger partial charge is 0.325 e. The van der Waals surface area contributed by atoms with Crippen molar-refractivity contribution in [2.45, 2.75) is 24.8 Å². The molecule has 0 aromatic rings. The maximum atomic E-state index is 11.6. The largest absolute Gasteiger partial charge is 0.480 e. The Morgan fingerprint density at radius 1 is 1.50 bits per heavy atom. The van der Waals surface area contributed by atoms with Gasteiger partial charge in [-0.15, -0.1) is 0 Å². The van der Waals surface area contributed by atoms with Crippen LogP contribution in [-0.4, -0.2) is 61.9 Å². The number of nitrogens with one attached hydrogen (secondary N) is 1. The van der Waals surface area contributed by atoms with Gasteiger partial charge >= 0.3 is 5.97 Å². The van der Waals surface area contributed by atoms with E-state index >= 15 is 0 Å². The van der Waals surface area contributed by atoms with Gasteiger partial charge in [0.05, 0.1) is 6.61 Å². The van der Waals surface area contributed by atoms with Gasteiger partial charge in [-0.05, 0) is 44.7 Å². The first-order valence-electron chi connectivity index (χ1n) is 6.76. The molecule has 0 bridgehead atoms. The van der Waals surface area contributed by atoms with E-state index in [2.05, 4.69) is 10.2 Å². The van der Waals surface area contributed by atoms with Gasteiger partial charge < -0.3 is 20.1 Å². The van der Waals surface area contributed by atoms with Gasteiger partial charge in [0.1, 0.15) is 5.54 Å². The van der Waals surface area contributed by atoms with Crippen LogP contribution < -0.4 is 5.32 Å². The Balaban J connectivity index is 1.95. The summed E-state index contributed by atoms with van der Waals surface area (Å²) in [5.41, 5.74) is -0.748. The summed E-state index contributed by atoms with van der Waals surface area (Å²) in [6.45, 7) is 3.33. The molecule has 104 valence electrons. The minimum absolute atomic E-state index is 0.293. The second-order valence-electron chi connectivity index (χ2n) is 5.65. The highest BCUT2D eigenvalue weighted by atomic mass is 16.5. The lowest BCUT2D eigenvalue weighted by molar-refractivity contribution is -0.146. The van der Waals surface area contributed by atoms with Crippen molar-refractivity contribution in [3.8, 4) is 0 Å². The zero-order valence-corrected chi connectivity index (χ0v) is 11.3. The molecule has 2 N–H and O–H groups in total. The van der Waals surface area contributed by atoms with Crippen molar-refractivity contribution in [2.24, 2.45) is 11.8 Å². The van der Waals surface area contributed by atoms with Gasteiger partial charge in [0, 0.05) is 20.2 Å². The van der Waals surface area contributed by atoms with E-state index in [9.17, 15) is 9.90 Å². The predicted octanol–water partition coefficient (Wildman–Crippen LogP) is 0.408. The zero-order chi connectivity index (χ0) is 13.2. The van der Waals surface area contributed by atoms with E-state index in [1.807, 2.05) is 0 Å². The Hall–Kier alpha value is -0.650. The lowest BCUT2D eigenvalue weighted by atomic mass is 9.92. The van der Waals surface area contributed by atoms with E-state index in [1.165, 1.54) is 0 Å². The quantitative estimate of drug-likeness (QED) is 0.691. The van der Waals surface area contributed by atoms with Gasteiger partial charge in [0.15, 0.2) is 0 Å². The molecule has 0 spiro atoms. The molecule has 1 heterocycles. The molecule has 0 radical (unpaired) electrons. The molecule has 18 heavy (non-hydrogen) atoms. The number of hydrogen-bond acceptors (Lipinski definition) is 4. The van der Waals surface area contributed by atoms with E-state index in [4.69, 9.17) is 4.74 Å². The summed E-state index contributed by atoms with van der Waals surface area (Å²) in [5.74, 6) is 0.140. The molecule has 0 amide bonds. The van der Waals surface area contributed by atoms with E-state index < -0.39 is 11.5 Å². The lowest BCUT2D eigenvalue weighted by Gasteiger charge is -2.33. The number of hydrogen-bond donors (Lipinski definition) is 2. The van der Waals surface area contributed by atoms with Crippen molar-refractivity contribution >= 4 is 5.97 Å². The first-order chi connectivity index (χ1) is 8.62. The van der Waals surface area contributed by atoms with Crippen LogP contribution in [0.15, 0.2) is 0 Å². The number of nitrogens with zero attached hydrogens (tertiary/aromatic N) is 1. The molecule has 5 nitrogen and oxygen atoms in total. The fourth-order valence-corrected chi connectivity index (χ4v) is 3.12. The van der Waals surface area contributed by atoms with Crippen LogP contribution in [0.4, 0.5) is 0 Å². The molecular formula is C13H24N2O3. The number of carbonyl (C=O) groups is 1. The number of likely N-dealkylation sites (tertiary alicyclic amines) is 1. The first kappa shape index (κ1) is 13.8. The highest BCUT2D eigenvalue weighted by molar-refractivity contribution is 5.80. The minimum Gasteiger partial charge on any atom is -0.480 e. The van der Waals surface area contributed by atoms with Gasteiger partial charge in [-0.3, -0.25) is 4.79 Å². The Morgan fingerprint density at radius 3 is 2.72 bits per heavy atom. The van der Waals surface area contributed by atoms with Crippen molar-refractivity contribution in [3.05, 3.63) is 0 Å². The van der Waals surface area contributed by atoms with Gasteiger partial charge in [-0.1, -0.05) is 0 Å². The number of rotatable bonds is 7. The van der Waals surface area contributed by atoms with Crippen LogP contribution in [0.25, 0.3) is 0 Å². The molecule has 2 fully saturated rings. The lowest BCUT2D eigenvalue weighted by Crippen LogP contribution is -2.59. The maximum absolute atomic E-state index is 11.6. The first-order valence-corrected chi connectivity index (χ1v) is 6.76. The predicted molar refractivity (Wildman–Crippen MR) is 68.6 cm³/mol. The second kappa shape index (κ2) is 5.55. The van der Waals surface area contributed by atoms with E-state index in [0.29, 0.717) is 18.4 Å². The fraction of sp³-hybridized carbons (Fsp3) is 0.923. The zero-order valence-electron chi connectivity index (χ0n) is 11.3. The highest BCUT2D eigenvalue weighted by Crippen LogP contribution is 2.40. The number of carboxylic acids is 1. The van der Waals surface area contributed by atoms with Crippen molar-refractivity contribution in [1.29, 1.82) is 0 Å². The van der Waals surface area contributed by atoms with Crippen LogP contribution in [0.2, 0.25) is 0 Å². The van der Waals surface area contributed by atoms with Crippen molar-refractivity contribution < 1.29 is 14.6 Å². The number of ether oxygens (including phenoxy) is 1. The average molecular weight is 256 g/mol. The minimum atomic E-state index is -0.748. The Labute approximate surface area is 108 Å². The van der Waals surface area contributed by atoms with Gasteiger partial charge in [0.2, 0.25) is 0 Å². The molecule has 5 heteroatoms. The van der Waals surface area contributed by atoms with Gasteiger partial charge in [-0.2, -0.15) is 0 Å². The summed E-state index contributed by atoms with van der Waals surface area (Å²) >= 11 is 0. The molecule has 1 saturated heterocycles. The third-order valence-corrected chi connectivity index (χ3v) is 4.35. The Morgan fingerprint density at radius 2 is 2.22 bits per heavy atom. The van der Waals surface area contributed by atoms with Gasteiger partial charge in [-0.25, -0.2) is 0 Å². The maximum Gasteiger partial charge on any atom is 0.325 e. The molecule has 2 unspecified atom stereocenters. The third-order valence-electron chi connectivity index (χ3n) is 4.35. The molecule has 1 aliphatic carbocycles. The SMILES string of the molecule is CNC(CN1CCC(COC)C1)(C(=O)O)C1CC1. The normalized spacial score (nSPS) is 28.2. The van der Waals surface area contributed by atoms with Crippen molar-refractivity contribution in [2.75, 3.05) is 40.4 Å². The summed E-state index contributed by atoms with van der Waals surface area (Å²) in [6, 6.07) is 0. The molecule has 0 aromatic heterocycles. The summed E-state index contributed by atoms with van der Waals surface area (Å²) in [6.07, 6.45) is 3.17. The van der Waals surface area contributed by atoms with E-state index in [0.717, 1.165) is 39.0 Å².